The second-order valence-electron chi connectivity index (χ2n) is 4.01. The fraction of sp³-hybridized carbons (Fsp3) is 0.231. The van der Waals surface area contributed by atoms with Gasteiger partial charge in [0.2, 0.25) is 4.77 Å². The third-order valence-electron chi connectivity index (χ3n) is 2.55. The SMILES string of the molecule is C=CCN(CC=C)Cn1[nH]c(-c2cccs2)nc1=S. The number of thiophene rings is 1. The minimum atomic E-state index is 0.557. The standard InChI is InChI=1S/C13H16N4S2/c1-3-7-16(8-4-2)10-17-13(18)14-12(15-17)11-6-5-9-19-11/h3-6,9H,1-2,7-8,10H2,(H,14,15,18). The number of aromatic nitrogens is 3. The van der Waals surface area contributed by atoms with Gasteiger partial charge in [-0.3, -0.25) is 10.00 Å². The van der Waals surface area contributed by atoms with Crippen molar-refractivity contribution in [2.24, 2.45) is 0 Å². The number of hydrogen-bond acceptors (Lipinski definition) is 4. The first kappa shape index (κ1) is 13.9. The molecule has 0 fully saturated rings. The molecule has 19 heavy (non-hydrogen) atoms. The summed E-state index contributed by atoms with van der Waals surface area (Å²) in [6.45, 7) is 9.72. The van der Waals surface area contributed by atoms with E-state index in [1.165, 1.54) is 0 Å². The van der Waals surface area contributed by atoms with Crippen molar-refractivity contribution in [3.05, 3.63) is 47.6 Å². The van der Waals surface area contributed by atoms with Crippen molar-refractivity contribution in [3.8, 4) is 10.7 Å². The lowest BCUT2D eigenvalue weighted by Gasteiger charge is -2.18. The highest BCUT2D eigenvalue weighted by Gasteiger charge is 2.08. The van der Waals surface area contributed by atoms with Crippen LogP contribution < -0.4 is 0 Å². The maximum atomic E-state index is 5.28. The summed E-state index contributed by atoms with van der Waals surface area (Å²) < 4.78 is 2.42. The molecule has 0 atom stereocenters. The molecule has 2 aromatic rings. The zero-order valence-corrected chi connectivity index (χ0v) is 12.2. The molecule has 0 unspecified atom stereocenters. The van der Waals surface area contributed by atoms with Gasteiger partial charge < -0.3 is 0 Å². The summed E-state index contributed by atoms with van der Waals surface area (Å²) >= 11 is 6.92. The molecule has 0 spiro atoms. The second-order valence-corrected chi connectivity index (χ2v) is 5.33. The van der Waals surface area contributed by atoms with Gasteiger partial charge in [0.15, 0.2) is 5.82 Å². The molecule has 0 aromatic carbocycles. The van der Waals surface area contributed by atoms with Crippen molar-refractivity contribution in [1.29, 1.82) is 0 Å². The molecule has 0 bridgehead atoms. The zero-order chi connectivity index (χ0) is 13.7. The predicted molar refractivity (Wildman–Crippen MR) is 82.7 cm³/mol. The summed E-state index contributed by atoms with van der Waals surface area (Å²) in [6.07, 6.45) is 3.73. The van der Waals surface area contributed by atoms with Gasteiger partial charge in [-0.15, -0.1) is 24.5 Å². The van der Waals surface area contributed by atoms with Crippen LogP contribution in [0.25, 0.3) is 10.7 Å². The van der Waals surface area contributed by atoms with Gasteiger partial charge in [0.05, 0.1) is 11.5 Å². The molecule has 1 N–H and O–H groups in total. The van der Waals surface area contributed by atoms with Crippen LogP contribution in [0, 0.1) is 4.77 Å². The predicted octanol–water partition coefficient (Wildman–Crippen LogP) is 3.30. The van der Waals surface area contributed by atoms with Crippen LogP contribution in [0.1, 0.15) is 0 Å². The number of rotatable bonds is 7. The van der Waals surface area contributed by atoms with Crippen LogP contribution in [0.4, 0.5) is 0 Å². The third kappa shape index (κ3) is 3.50. The minimum absolute atomic E-state index is 0.557. The van der Waals surface area contributed by atoms with Crippen molar-refractivity contribution in [2.45, 2.75) is 6.67 Å². The summed E-state index contributed by atoms with van der Waals surface area (Å²) in [4.78, 5) is 7.63. The Hall–Kier alpha value is -1.50. The Kier molecular flexibility index (Phi) is 4.84. The fourth-order valence-corrected chi connectivity index (χ4v) is 2.59. The lowest BCUT2D eigenvalue weighted by atomic mass is 10.4. The first-order valence-corrected chi connectivity index (χ1v) is 7.18. The average Bonchev–Trinajstić information content (AvgIpc) is 3.00. The van der Waals surface area contributed by atoms with Crippen molar-refractivity contribution in [3.63, 3.8) is 0 Å². The molecule has 0 saturated carbocycles. The fourth-order valence-electron chi connectivity index (χ4n) is 1.73. The first-order chi connectivity index (χ1) is 9.24. The number of nitrogens with zero attached hydrogens (tertiary/aromatic N) is 3. The third-order valence-corrected chi connectivity index (χ3v) is 3.74. The lowest BCUT2D eigenvalue weighted by Crippen LogP contribution is -2.27. The maximum absolute atomic E-state index is 5.28. The van der Waals surface area contributed by atoms with E-state index in [1.807, 2.05) is 34.3 Å². The zero-order valence-electron chi connectivity index (χ0n) is 10.6. The van der Waals surface area contributed by atoms with Gasteiger partial charge in [0.1, 0.15) is 0 Å². The Morgan fingerprint density at radius 2 is 2.16 bits per heavy atom. The molecule has 0 radical (unpaired) electrons. The largest absolute Gasteiger partial charge is 0.277 e. The molecule has 2 heterocycles. The molecule has 6 heteroatoms. The van der Waals surface area contributed by atoms with Crippen molar-refractivity contribution in [1.82, 2.24) is 19.7 Å². The summed E-state index contributed by atoms with van der Waals surface area (Å²) in [5.74, 6) is 0.817. The number of H-pyrrole nitrogens is 1. The molecular formula is C13H16N4S2. The van der Waals surface area contributed by atoms with E-state index in [4.69, 9.17) is 12.2 Å². The molecule has 4 nitrogen and oxygen atoms in total. The normalized spacial score (nSPS) is 10.8. The van der Waals surface area contributed by atoms with E-state index in [9.17, 15) is 0 Å². The monoisotopic (exact) mass is 292 g/mol. The Balaban J connectivity index is 2.18. The summed E-state index contributed by atoms with van der Waals surface area (Å²) in [7, 11) is 0. The van der Waals surface area contributed by atoms with Gasteiger partial charge in [-0.05, 0) is 23.7 Å². The second kappa shape index (κ2) is 6.60. The van der Waals surface area contributed by atoms with Crippen molar-refractivity contribution >= 4 is 23.6 Å². The highest BCUT2D eigenvalue weighted by Crippen LogP contribution is 2.20. The molecule has 100 valence electrons. The summed E-state index contributed by atoms with van der Waals surface area (Å²) in [5, 5.41) is 5.25. The molecule has 0 aliphatic heterocycles. The van der Waals surface area contributed by atoms with Gasteiger partial charge in [-0.2, -0.15) is 4.98 Å². The van der Waals surface area contributed by atoms with Crippen molar-refractivity contribution < 1.29 is 0 Å². The van der Waals surface area contributed by atoms with E-state index >= 15 is 0 Å². The topological polar surface area (TPSA) is 36.9 Å². The van der Waals surface area contributed by atoms with E-state index < -0.39 is 0 Å². The average molecular weight is 292 g/mol. The van der Waals surface area contributed by atoms with Gasteiger partial charge in [0, 0.05) is 13.1 Å². The van der Waals surface area contributed by atoms with E-state index in [-0.39, 0.29) is 0 Å². The van der Waals surface area contributed by atoms with Crippen LogP contribution in [0.15, 0.2) is 42.8 Å². The van der Waals surface area contributed by atoms with Crippen LogP contribution in [0.2, 0.25) is 0 Å². The van der Waals surface area contributed by atoms with Crippen molar-refractivity contribution in [2.75, 3.05) is 13.1 Å². The Morgan fingerprint density at radius 3 is 2.74 bits per heavy atom. The van der Waals surface area contributed by atoms with Crippen LogP contribution in [-0.2, 0) is 6.67 Å². The highest BCUT2D eigenvalue weighted by atomic mass is 32.1. The van der Waals surface area contributed by atoms with Crippen LogP contribution in [0.3, 0.4) is 0 Å². The quantitative estimate of drug-likeness (QED) is 0.628. The molecule has 0 saturated heterocycles. The van der Waals surface area contributed by atoms with Gasteiger partial charge in [-0.25, -0.2) is 4.68 Å². The van der Waals surface area contributed by atoms with E-state index in [0.717, 1.165) is 23.8 Å². The Morgan fingerprint density at radius 1 is 1.42 bits per heavy atom. The number of hydrogen-bond donors (Lipinski definition) is 1. The molecular weight excluding hydrogens is 276 g/mol. The van der Waals surface area contributed by atoms with Gasteiger partial charge in [0.25, 0.3) is 0 Å². The van der Waals surface area contributed by atoms with E-state index in [1.54, 1.807) is 11.3 Å². The maximum Gasteiger partial charge on any atom is 0.217 e. The van der Waals surface area contributed by atoms with Crippen LogP contribution >= 0.6 is 23.6 Å². The smallest absolute Gasteiger partial charge is 0.217 e. The molecule has 0 amide bonds. The Bertz CT molecular complexity index is 584. The lowest BCUT2D eigenvalue weighted by molar-refractivity contribution is 0.251. The number of aromatic amines is 1. The van der Waals surface area contributed by atoms with E-state index in [0.29, 0.717) is 11.4 Å². The summed E-state index contributed by atoms with van der Waals surface area (Å²) in [5.41, 5.74) is 0. The number of nitrogens with one attached hydrogen (secondary N) is 1. The van der Waals surface area contributed by atoms with Gasteiger partial charge >= 0.3 is 0 Å². The molecule has 0 aliphatic carbocycles. The minimum Gasteiger partial charge on any atom is -0.277 e. The van der Waals surface area contributed by atoms with Crippen LogP contribution in [-0.4, -0.2) is 32.8 Å². The molecule has 2 aromatic heterocycles. The molecule has 0 aliphatic rings. The summed E-state index contributed by atoms with van der Waals surface area (Å²) in [6, 6.07) is 4.02. The molecule has 2 rings (SSSR count). The Labute approximate surface area is 121 Å². The van der Waals surface area contributed by atoms with Crippen LogP contribution in [0.5, 0.6) is 0 Å². The van der Waals surface area contributed by atoms with Gasteiger partial charge in [-0.1, -0.05) is 18.2 Å². The highest BCUT2D eigenvalue weighted by molar-refractivity contribution is 7.71. The first-order valence-electron chi connectivity index (χ1n) is 5.89. The van der Waals surface area contributed by atoms with E-state index in [2.05, 4.69) is 28.1 Å².